The maximum atomic E-state index is 13.8. The summed E-state index contributed by atoms with van der Waals surface area (Å²) in [5.41, 5.74) is 0.912. The molecule has 0 atom stereocenters. The van der Waals surface area contributed by atoms with Gasteiger partial charge in [0.2, 0.25) is 0 Å². The van der Waals surface area contributed by atoms with E-state index in [1.807, 2.05) is 13.8 Å². The van der Waals surface area contributed by atoms with Gasteiger partial charge in [-0.2, -0.15) is 4.57 Å². The van der Waals surface area contributed by atoms with Gasteiger partial charge in [0.1, 0.15) is 17.2 Å². The first-order valence-corrected chi connectivity index (χ1v) is 9.07. The smallest absolute Gasteiger partial charge is 0.386 e. The third-order valence-corrected chi connectivity index (χ3v) is 4.37. The van der Waals surface area contributed by atoms with Crippen molar-refractivity contribution in [3.63, 3.8) is 0 Å². The van der Waals surface area contributed by atoms with E-state index in [4.69, 9.17) is 27.3 Å². The lowest BCUT2D eigenvalue weighted by atomic mass is 10.0. The summed E-state index contributed by atoms with van der Waals surface area (Å²) in [6.07, 6.45) is 0. The van der Waals surface area contributed by atoms with E-state index in [0.717, 1.165) is 5.56 Å². The van der Waals surface area contributed by atoms with Gasteiger partial charge < -0.3 is 13.6 Å². The Morgan fingerprint density at radius 3 is 1.58 bits per heavy atom. The summed E-state index contributed by atoms with van der Waals surface area (Å²) in [6, 6.07) is -1.72. The predicted molar refractivity (Wildman–Crippen MR) is 103 cm³/mol. The van der Waals surface area contributed by atoms with Gasteiger partial charge in [0.05, 0.1) is 13.7 Å². The van der Waals surface area contributed by atoms with Crippen molar-refractivity contribution in [3.8, 4) is 17.2 Å². The minimum Gasteiger partial charge on any atom is -0.386 e. The molecule has 3 rings (SSSR count). The van der Waals surface area contributed by atoms with Crippen LogP contribution < -0.4 is 13.6 Å². The highest BCUT2D eigenvalue weighted by Gasteiger charge is 2.33. The fraction of sp³-hybridized carbons (Fsp3) is 0.143. The molecule has 3 aromatic carbocycles. The number of phosphoric ester groups is 1. The molecule has 0 heterocycles. The zero-order chi connectivity index (χ0) is 27.1. The molecule has 0 bridgehead atoms. The second-order valence-electron chi connectivity index (χ2n) is 5.35. The topological polar surface area (TPSA) is 44.8 Å². The minimum atomic E-state index is -5.08. The highest BCUT2D eigenvalue weighted by Crippen LogP contribution is 2.49. The monoisotopic (exact) mass is 378 g/mol. The van der Waals surface area contributed by atoms with Gasteiger partial charge in [0.25, 0.3) is 0 Å². The van der Waals surface area contributed by atoms with E-state index in [9.17, 15) is 4.57 Å². The highest BCUT2D eigenvalue weighted by atomic mass is 31.2. The maximum Gasteiger partial charge on any atom is 0.647 e. The van der Waals surface area contributed by atoms with Crippen molar-refractivity contribution in [3.05, 3.63) is 90.3 Å². The van der Waals surface area contributed by atoms with Gasteiger partial charge in [-0.15, -0.1) is 0 Å². The molecule has 26 heavy (non-hydrogen) atoms. The van der Waals surface area contributed by atoms with Crippen LogP contribution >= 0.6 is 7.82 Å². The molecule has 134 valence electrons. The largest absolute Gasteiger partial charge is 0.647 e. The first-order valence-electron chi connectivity index (χ1n) is 12.6. The van der Waals surface area contributed by atoms with Crippen molar-refractivity contribution in [1.29, 1.82) is 0 Å². The number of para-hydroxylation sites is 2. The molecule has 3 aromatic rings. The number of benzene rings is 3. The summed E-state index contributed by atoms with van der Waals surface area (Å²) in [4.78, 5) is 0. The van der Waals surface area contributed by atoms with Crippen LogP contribution in [0.2, 0.25) is 0 Å². The Bertz CT molecular complexity index is 1250. The second-order valence-corrected chi connectivity index (χ2v) is 6.80. The van der Waals surface area contributed by atoms with E-state index in [-0.39, 0.29) is 11.7 Å². The summed E-state index contributed by atoms with van der Waals surface area (Å²) < 4.78 is 109. The summed E-state index contributed by atoms with van der Waals surface area (Å²) in [5, 5.41) is 0. The van der Waals surface area contributed by atoms with E-state index in [1.165, 1.54) is 12.1 Å². The van der Waals surface area contributed by atoms with E-state index >= 15 is 0 Å². The number of phosphoric acid groups is 1. The van der Waals surface area contributed by atoms with Crippen molar-refractivity contribution in [2.24, 2.45) is 0 Å². The highest BCUT2D eigenvalue weighted by molar-refractivity contribution is 7.49. The lowest BCUT2D eigenvalue weighted by Crippen LogP contribution is -2.07. The van der Waals surface area contributed by atoms with E-state index in [0.29, 0.717) is 0 Å². The van der Waals surface area contributed by atoms with Crippen LogP contribution in [0.5, 0.6) is 17.2 Å². The Morgan fingerprint density at radius 2 is 1.15 bits per heavy atom. The number of rotatable bonds is 7. The van der Waals surface area contributed by atoms with Crippen LogP contribution in [0, 0.1) is 0 Å². The molecule has 0 amide bonds. The van der Waals surface area contributed by atoms with Gasteiger partial charge in [-0.25, -0.2) is 0 Å². The Morgan fingerprint density at radius 1 is 0.731 bits per heavy atom. The molecular weight excluding hydrogens is 347 g/mol. The average molecular weight is 378 g/mol. The number of hydrogen-bond donors (Lipinski definition) is 0. The Hall–Kier alpha value is -2.71. The first kappa shape index (κ1) is 9.29. The van der Waals surface area contributed by atoms with E-state index < -0.39 is 79.7 Å². The third kappa shape index (κ3) is 4.90. The van der Waals surface area contributed by atoms with Crippen molar-refractivity contribution in [2.75, 3.05) is 0 Å². The first-order chi connectivity index (χ1) is 16.7. The van der Waals surface area contributed by atoms with Crippen molar-refractivity contribution in [1.82, 2.24) is 0 Å². The van der Waals surface area contributed by atoms with E-state index in [2.05, 4.69) is 0 Å². The van der Waals surface area contributed by atoms with Crippen molar-refractivity contribution in [2.45, 2.75) is 19.8 Å². The Balaban J connectivity index is 2.17. The normalized spacial score (nSPS) is 16.6. The molecule has 5 heteroatoms. The molecule has 0 aliphatic rings. The standard InChI is InChI=1S/C21H21O4P/c1-17(2)18-13-15-21(16-14-18)25-26(22,23-19-9-5-3-6-10-19)24-20-11-7-4-8-12-20/h3-17H,1-2H3/i3D,4D,5D,6D,7D,8D,9D,10D,11D,12D. The van der Waals surface area contributed by atoms with Crippen LogP contribution in [-0.4, -0.2) is 0 Å². The van der Waals surface area contributed by atoms with Gasteiger partial charge in [-0.3, -0.25) is 0 Å². The van der Waals surface area contributed by atoms with Crippen LogP contribution in [0.15, 0.2) is 84.7 Å². The molecule has 0 saturated heterocycles. The van der Waals surface area contributed by atoms with Crippen LogP contribution in [-0.2, 0) is 4.57 Å². The molecule has 0 aromatic heterocycles. The van der Waals surface area contributed by atoms with Crippen LogP contribution in [0.25, 0.3) is 0 Å². The zero-order valence-electron chi connectivity index (χ0n) is 24.0. The zero-order valence-corrected chi connectivity index (χ0v) is 14.9. The minimum absolute atomic E-state index is 0.0672. The van der Waals surface area contributed by atoms with Crippen LogP contribution in [0.4, 0.5) is 0 Å². The lowest BCUT2D eigenvalue weighted by molar-refractivity contribution is 0.298. The molecule has 0 unspecified atom stereocenters. The average Bonchev–Trinajstić information content (AvgIpc) is 2.85. The lowest BCUT2D eigenvalue weighted by Gasteiger charge is -2.19. The van der Waals surface area contributed by atoms with E-state index in [1.54, 1.807) is 12.1 Å². The molecule has 0 N–H and O–H groups in total. The quantitative estimate of drug-likeness (QED) is 0.443. The molecule has 0 saturated carbocycles. The molecule has 0 fully saturated rings. The second kappa shape index (κ2) is 8.11. The van der Waals surface area contributed by atoms with Gasteiger partial charge in [-0.1, -0.05) is 62.2 Å². The fourth-order valence-electron chi connectivity index (χ4n) is 1.89. The Kier molecular flexibility index (Phi) is 2.90. The Labute approximate surface area is 168 Å². The third-order valence-electron chi connectivity index (χ3n) is 3.12. The van der Waals surface area contributed by atoms with Crippen LogP contribution in [0.3, 0.4) is 0 Å². The molecule has 4 nitrogen and oxygen atoms in total. The summed E-state index contributed by atoms with van der Waals surface area (Å²) in [7, 11) is -5.08. The molecule has 0 aliphatic heterocycles. The molecule has 0 spiro atoms. The molecular formula is C21H21O4P. The molecule has 0 radical (unpaired) electrons. The SMILES string of the molecule is [2H]c1c([2H])c([2H])c(OP(=O)(Oc2ccc(C(C)C)cc2)Oc2c([2H])c([2H])c([2H])c([2H])c2[2H])c([2H])c1[2H]. The summed E-state index contributed by atoms with van der Waals surface area (Å²) >= 11 is 0. The van der Waals surface area contributed by atoms with Gasteiger partial charge in [-0.05, 0) is 47.8 Å². The van der Waals surface area contributed by atoms with Crippen molar-refractivity contribution < 1.29 is 31.8 Å². The van der Waals surface area contributed by atoms with Crippen molar-refractivity contribution >= 4 is 7.82 Å². The number of hydrogen-bond acceptors (Lipinski definition) is 4. The van der Waals surface area contributed by atoms with Gasteiger partial charge in [0.15, 0.2) is 0 Å². The fourth-order valence-corrected chi connectivity index (χ4v) is 3.01. The van der Waals surface area contributed by atoms with Gasteiger partial charge >= 0.3 is 7.82 Å². The summed E-state index contributed by atoms with van der Waals surface area (Å²) in [5.74, 6) is -1.64. The van der Waals surface area contributed by atoms with Crippen LogP contribution in [0.1, 0.15) is 39.0 Å². The predicted octanol–water partition coefficient (Wildman–Crippen LogP) is 6.45. The summed E-state index contributed by atoms with van der Waals surface area (Å²) in [6.45, 7) is 3.90. The maximum absolute atomic E-state index is 13.8. The van der Waals surface area contributed by atoms with Gasteiger partial charge in [0, 0.05) is 0 Å². The molecule has 0 aliphatic carbocycles.